The van der Waals surface area contributed by atoms with Gasteiger partial charge in [-0.25, -0.2) is 4.98 Å². The van der Waals surface area contributed by atoms with Crippen LogP contribution in [0.2, 0.25) is 5.28 Å². The molecule has 1 fully saturated rings. The summed E-state index contributed by atoms with van der Waals surface area (Å²) in [4.78, 5) is 18.9. The highest BCUT2D eigenvalue weighted by Crippen LogP contribution is 2.29. The minimum Gasteiger partial charge on any atom is -0.338 e. The van der Waals surface area contributed by atoms with Crippen molar-refractivity contribution in [2.24, 2.45) is 0 Å². The zero-order valence-electron chi connectivity index (χ0n) is 9.99. The van der Waals surface area contributed by atoms with Crippen LogP contribution in [0.15, 0.2) is 18.7 Å². The zero-order valence-corrected chi connectivity index (χ0v) is 10.7. The molecule has 1 saturated carbocycles. The van der Waals surface area contributed by atoms with Crippen molar-refractivity contribution < 1.29 is 0 Å². The van der Waals surface area contributed by atoms with Crippen LogP contribution in [0.5, 0.6) is 0 Å². The molecule has 0 radical (unpaired) electrons. The van der Waals surface area contributed by atoms with Gasteiger partial charge in [0.15, 0.2) is 0 Å². The first-order valence-electron chi connectivity index (χ1n) is 5.94. The zero-order chi connectivity index (χ0) is 12.5. The van der Waals surface area contributed by atoms with Crippen LogP contribution in [0.4, 0.5) is 5.95 Å². The maximum atomic E-state index is 5.97. The summed E-state index contributed by atoms with van der Waals surface area (Å²) in [6.07, 6.45) is 7.48. The number of halogens is 1. The lowest BCUT2D eigenvalue weighted by molar-refractivity contribution is 0.766. The van der Waals surface area contributed by atoms with E-state index in [4.69, 9.17) is 11.6 Å². The van der Waals surface area contributed by atoms with Gasteiger partial charge in [-0.1, -0.05) is 0 Å². The molecule has 0 N–H and O–H groups in total. The van der Waals surface area contributed by atoms with Crippen molar-refractivity contribution in [2.45, 2.75) is 25.8 Å². The van der Waals surface area contributed by atoms with E-state index in [-0.39, 0.29) is 5.28 Å². The number of hydrogen-bond acceptors (Lipinski definition) is 5. The molecule has 2 heterocycles. The number of anilines is 1. The molecule has 1 aliphatic rings. The van der Waals surface area contributed by atoms with E-state index in [1.165, 1.54) is 12.8 Å². The van der Waals surface area contributed by atoms with Crippen LogP contribution in [-0.4, -0.2) is 37.1 Å². The van der Waals surface area contributed by atoms with E-state index >= 15 is 0 Å². The fourth-order valence-corrected chi connectivity index (χ4v) is 2.05. The van der Waals surface area contributed by atoms with Crippen molar-refractivity contribution in [3.63, 3.8) is 0 Å². The summed E-state index contributed by atoms with van der Waals surface area (Å²) in [5.41, 5.74) is 0. The lowest BCUT2D eigenvalue weighted by Crippen LogP contribution is -2.27. The molecule has 0 aromatic carbocycles. The van der Waals surface area contributed by atoms with Crippen LogP contribution in [-0.2, 0) is 0 Å². The molecule has 2 aromatic heterocycles. The van der Waals surface area contributed by atoms with Gasteiger partial charge in [0.1, 0.15) is 6.33 Å². The molecule has 6 nitrogen and oxygen atoms in total. The fourth-order valence-electron chi connectivity index (χ4n) is 1.90. The lowest BCUT2D eigenvalue weighted by atomic mass is 10.5. The number of rotatable bonds is 4. The third kappa shape index (κ3) is 2.15. The molecule has 1 aliphatic carbocycles. The minimum atomic E-state index is 0.211. The Morgan fingerprint density at radius 2 is 2.22 bits per heavy atom. The van der Waals surface area contributed by atoms with Gasteiger partial charge in [0, 0.05) is 25.0 Å². The fraction of sp³-hybridized carbons (Fsp3) is 0.455. The summed E-state index contributed by atoms with van der Waals surface area (Å²) in [7, 11) is 0. The van der Waals surface area contributed by atoms with Crippen molar-refractivity contribution in [2.75, 3.05) is 11.4 Å². The standard InChI is InChI=1S/C11H13ClN6/c1-2-18(8-3-4-8)11-15-9(12)14-10(16-11)17-6-5-13-7-17/h5-8H,2-4H2,1H3. The van der Waals surface area contributed by atoms with Gasteiger partial charge < -0.3 is 4.90 Å². The highest BCUT2D eigenvalue weighted by atomic mass is 35.5. The van der Waals surface area contributed by atoms with E-state index in [9.17, 15) is 0 Å². The van der Waals surface area contributed by atoms with Crippen LogP contribution in [0.1, 0.15) is 19.8 Å². The average Bonchev–Trinajstić information content (AvgIpc) is 3.04. The average molecular weight is 265 g/mol. The molecule has 3 rings (SSSR count). The first-order chi connectivity index (χ1) is 8.78. The number of hydrogen-bond donors (Lipinski definition) is 0. The van der Waals surface area contributed by atoms with Crippen molar-refractivity contribution in [3.8, 4) is 5.95 Å². The second-order valence-electron chi connectivity index (χ2n) is 4.19. The first kappa shape index (κ1) is 11.4. The molecule has 0 bridgehead atoms. The molecular formula is C11H13ClN6. The molecular weight excluding hydrogens is 252 g/mol. The number of imidazole rings is 1. The van der Waals surface area contributed by atoms with Crippen LogP contribution in [0, 0.1) is 0 Å². The largest absolute Gasteiger partial charge is 0.338 e. The summed E-state index contributed by atoms with van der Waals surface area (Å²) in [6, 6.07) is 0.545. The maximum Gasteiger partial charge on any atom is 0.241 e. The van der Waals surface area contributed by atoms with Crippen LogP contribution in [0.3, 0.4) is 0 Å². The van der Waals surface area contributed by atoms with Gasteiger partial charge in [-0.15, -0.1) is 0 Å². The molecule has 18 heavy (non-hydrogen) atoms. The summed E-state index contributed by atoms with van der Waals surface area (Å²) in [6.45, 7) is 2.96. The Labute approximate surface area is 110 Å². The Morgan fingerprint density at radius 3 is 2.83 bits per heavy atom. The first-order valence-corrected chi connectivity index (χ1v) is 6.32. The van der Waals surface area contributed by atoms with E-state index in [0.29, 0.717) is 17.9 Å². The van der Waals surface area contributed by atoms with Gasteiger partial charge >= 0.3 is 0 Å². The normalized spacial score (nSPS) is 14.8. The summed E-state index contributed by atoms with van der Waals surface area (Å²) >= 11 is 5.97. The number of nitrogens with zero attached hydrogens (tertiary/aromatic N) is 6. The molecule has 94 valence electrons. The molecule has 0 unspecified atom stereocenters. The van der Waals surface area contributed by atoms with Gasteiger partial charge in [-0.05, 0) is 31.4 Å². The smallest absolute Gasteiger partial charge is 0.241 e. The highest BCUT2D eigenvalue weighted by molar-refractivity contribution is 6.28. The third-order valence-corrected chi connectivity index (χ3v) is 3.07. The molecule has 0 aliphatic heterocycles. The highest BCUT2D eigenvalue weighted by Gasteiger charge is 2.30. The molecule has 0 amide bonds. The quantitative estimate of drug-likeness (QED) is 0.841. The van der Waals surface area contributed by atoms with E-state index < -0.39 is 0 Å². The Hall–Kier alpha value is -1.69. The van der Waals surface area contributed by atoms with Crippen LogP contribution in [0.25, 0.3) is 5.95 Å². The summed E-state index contributed by atoms with van der Waals surface area (Å²) < 4.78 is 1.72. The molecule has 0 spiro atoms. The molecule has 0 saturated heterocycles. The SMILES string of the molecule is CCN(c1nc(Cl)nc(-n2ccnc2)n1)C1CC1. The topological polar surface area (TPSA) is 59.7 Å². The Balaban J connectivity index is 1.99. The minimum absolute atomic E-state index is 0.211. The number of aromatic nitrogens is 5. The van der Waals surface area contributed by atoms with Gasteiger partial charge in [0.2, 0.25) is 17.2 Å². The van der Waals surface area contributed by atoms with Gasteiger partial charge in [-0.2, -0.15) is 15.0 Å². The van der Waals surface area contributed by atoms with Crippen LogP contribution >= 0.6 is 11.6 Å². The van der Waals surface area contributed by atoms with Gasteiger partial charge in [0.25, 0.3) is 0 Å². The van der Waals surface area contributed by atoms with Gasteiger partial charge in [0.05, 0.1) is 0 Å². The van der Waals surface area contributed by atoms with Crippen molar-refractivity contribution >= 4 is 17.5 Å². The Bertz CT molecular complexity index is 536. The predicted molar refractivity (Wildman–Crippen MR) is 68.0 cm³/mol. The maximum absolute atomic E-state index is 5.97. The summed E-state index contributed by atoms with van der Waals surface area (Å²) in [5.74, 6) is 1.14. The second-order valence-corrected chi connectivity index (χ2v) is 4.53. The predicted octanol–water partition coefficient (Wildman–Crippen LogP) is 1.70. The third-order valence-electron chi connectivity index (χ3n) is 2.91. The monoisotopic (exact) mass is 264 g/mol. The van der Waals surface area contributed by atoms with Crippen molar-refractivity contribution in [1.82, 2.24) is 24.5 Å². The van der Waals surface area contributed by atoms with Gasteiger partial charge in [-0.3, -0.25) is 4.57 Å². The lowest BCUT2D eigenvalue weighted by Gasteiger charge is -2.20. The van der Waals surface area contributed by atoms with E-state index in [1.807, 2.05) is 0 Å². The van der Waals surface area contributed by atoms with Crippen LogP contribution < -0.4 is 4.90 Å². The Morgan fingerprint density at radius 1 is 1.39 bits per heavy atom. The van der Waals surface area contributed by atoms with Crippen molar-refractivity contribution in [1.29, 1.82) is 0 Å². The molecule has 2 aromatic rings. The molecule has 0 atom stereocenters. The van der Waals surface area contributed by atoms with E-state index in [0.717, 1.165) is 6.54 Å². The Kier molecular flexibility index (Phi) is 2.87. The summed E-state index contributed by atoms with van der Waals surface area (Å²) in [5, 5.41) is 0.211. The molecule has 7 heteroatoms. The second kappa shape index (κ2) is 4.53. The van der Waals surface area contributed by atoms with E-state index in [1.54, 1.807) is 23.3 Å². The van der Waals surface area contributed by atoms with Crippen molar-refractivity contribution in [3.05, 3.63) is 24.0 Å². The van der Waals surface area contributed by atoms with E-state index in [2.05, 4.69) is 31.8 Å².